The van der Waals surface area contributed by atoms with Gasteiger partial charge in [0.25, 0.3) is 10.1 Å². The van der Waals surface area contributed by atoms with Gasteiger partial charge in [-0.1, -0.05) is 187 Å². The van der Waals surface area contributed by atoms with Crippen LogP contribution in [-0.4, -0.2) is 112 Å². The summed E-state index contributed by atoms with van der Waals surface area (Å²) in [5.74, 6) is 0. The van der Waals surface area contributed by atoms with Crippen LogP contribution < -0.4 is 5.32 Å². The van der Waals surface area contributed by atoms with Crippen molar-refractivity contribution in [3.63, 3.8) is 0 Å². The van der Waals surface area contributed by atoms with Crippen molar-refractivity contribution >= 4 is 33.6 Å². The summed E-state index contributed by atoms with van der Waals surface area (Å²) in [7, 11) is -3.60. The molecule has 3 aliphatic heterocycles. The standard InChI is InChI=1S/C23H24N2OS.C19H23NO4S.C16H18N2OS/c1-3-9-19(10-4-1)17-25-15-16-26-21(18-25)23(20-11-5-2-6-12-20)27-22-13-7-8-14-24-22;1-25(21,22)24-19(17-10-6-3-7-11-17)18-15-20(12-13-23-18)14-16-8-4-2-5-9-16;1-2-6-13(7-3-1)16(14-12-17-10-11-19-14)20-15-8-4-5-9-18-15/h1-14,21,23H,15-18H2;2-11,18-19H,12-15H2,1H3;1-9,14,16-17H,10-12H2/t21-,23?;18-,19?;14-,16?/m000/s1. The van der Waals surface area contributed by atoms with Crippen LogP contribution in [0.3, 0.4) is 0 Å². The molecule has 0 amide bonds. The SMILES string of the molecule is CS(=O)(=O)OC(c1ccccc1)[C@@H]1CN(Cc2ccccc2)CCO1.c1ccc(C(Sc2ccccn2)[C@@H]2CNCCO2)cc1.c1ccc(CN2CCO[C@H](C(Sc3ccccn3)c3ccccc3)C2)cc1. The Morgan fingerprint density at radius 1 is 0.542 bits per heavy atom. The van der Waals surface area contributed by atoms with Gasteiger partial charge in [-0.15, -0.1) is 0 Å². The van der Waals surface area contributed by atoms with Gasteiger partial charge in [0.05, 0.1) is 58.8 Å². The van der Waals surface area contributed by atoms with Gasteiger partial charge >= 0.3 is 0 Å². The molecule has 10 rings (SSSR count). The average Bonchev–Trinajstić information content (AvgIpc) is 3.43. The van der Waals surface area contributed by atoms with E-state index in [0.29, 0.717) is 13.2 Å². The lowest BCUT2D eigenvalue weighted by atomic mass is 10.0. The third-order valence-corrected chi connectivity index (χ3v) is 15.4. The lowest BCUT2D eigenvalue weighted by Gasteiger charge is -2.37. The number of pyridine rings is 2. The number of morpholine rings is 3. The van der Waals surface area contributed by atoms with E-state index in [4.69, 9.17) is 18.4 Å². The lowest BCUT2D eigenvalue weighted by Crippen LogP contribution is -2.45. The Bertz CT molecular complexity index is 2690. The third kappa shape index (κ3) is 17.2. The van der Waals surface area contributed by atoms with E-state index >= 15 is 0 Å². The second-order valence-corrected chi connectivity index (χ2v) is 21.7. The number of aromatic nitrogens is 2. The predicted molar refractivity (Wildman–Crippen MR) is 289 cm³/mol. The highest BCUT2D eigenvalue weighted by Crippen LogP contribution is 2.40. The number of hydrogen-bond acceptors (Lipinski definition) is 13. The largest absolute Gasteiger partial charge is 0.374 e. The van der Waals surface area contributed by atoms with Crippen molar-refractivity contribution in [3.05, 3.63) is 228 Å². The smallest absolute Gasteiger partial charge is 0.265 e. The molecular weight excluding hydrogens is 959 g/mol. The highest BCUT2D eigenvalue weighted by Gasteiger charge is 2.34. The van der Waals surface area contributed by atoms with Crippen molar-refractivity contribution in [1.29, 1.82) is 0 Å². The van der Waals surface area contributed by atoms with Gasteiger partial charge in [-0.05, 0) is 52.1 Å². The van der Waals surface area contributed by atoms with Gasteiger partial charge in [0.1, 0.15) is 12.2 Å². The van der Waals surface area contributed by atoms with Crippen molar-refractivity contribution in [2.24, 2.45) is 0 Å². The van der Waals surface area contributed by atoms with Gasteiger partial charge < -0.3 is 19.5 Å². The number of rotatable bonds is 16. The summed E-state index contributed by atoms with van der Waals surface area (Å²) < 4.78 is 46.9. The Kier molecular flexibility index (Phi) is 20.8. The van der Waals surface area contributed by atoms with Gasteiger partial charge in [-0.2, -0.15) is 8.42 Å². The summed E-state index contributed by atoms with van der Waals surface area (Å²) in [5, 5.41) is 5.97. The van der Waals surface area contributed by atoms with Crippen LogP contribution in [0.4, 0.5) is 0 Å². The summed E-state index contributed by atoms with van der Waals surface area (Å²) in [6.07, 6.45) is 4.10. The van der Waals surface area contributed by atoms with E-state index in [1.165, 1.54) is 22.3 Å². The minimum atomic E-state index is -3.60. The molecule has 2 aromatic heterocycles. The molecule has 3 unspecified atom stereocenters. The second kappa shape index (κ2) is 28.3. The molecule has 14 heteroatoms. The maximum absolute atomic E-state index is 11.7. The van der Waals surface area contributed by atoms with Crippen LogP contribution in [0.1, 0.15) is 44.4 Å². The monoisotopic (exact) mass is 1020 g/mol. The summed E-state index contributed by atoms with van der Waals surface area (Å²) in [6.45, 7) is 9.02. The number of benzene rings is 5. The maximum Gasteiger partial charge on any atom is 0.265 e. The molecule has 72 heavy (non-hydrogen) atoms. The number of thioether (sulfide) groups is 2. The Hall–Kier alpha value is -5.23. The molecule has 3 fully saturated rings. The van der Waals surface area contributed by atoms with Crippen molar-refractivity contribution < 1.29 is 26.8 Å². The summed E-state index contributed by atoms with van der Waals surface area (Å²) >= 11 is 3.57. The van der Waals surface area contributed by atoms with Gasteiger partial charge in [-0.3, -0.25) is 14.0 Å². The molecule has 3 aliphatic rings. The molecular formula is C58H65N5O6S3. The molecule has 0 bridgehead atoms. The Labute approximate surface area is 434 Å². The van der Waals surface area contributed by atoms with Crippen LogP contribution in [0, 0.1) is 0 Å². The van der Waals surface area contributed by atoms with E-state index in [1.807, 2.05) is 91.3 Å². The number of nitrogens with one attached hydrogen (secondary N) is 1. The Morgan fingerprint density at radius 2 is 0.958 bits per heavy atom. The zero-order chi connectivity index (χ0) is 49.6. The predicted octanol–water partition coefficient (Wildman–Crippen LogP) is 10.3. The van der Waals surface area contributed by atoms with Crippen LogP contribution in [0.2, 0.25) is 0 Å². The molecule has 376 valence electrons. The Balaban J connectivity index is 0.000000146. The summed E-state index contributed by atoms with van der Waals surface area (Å²) in [6, 6.07) is 63.6. The molecule has 0 spiro atoms. The normalized spacial score (nSPS) is 19.8. The number of hydrogen-bond donors (Lipinski definition) is 1. The fraction of sp³-hybridized carbons (Fsp3) is 0.310. The molecule has 3 saturated heterocycles. The van der Waals surface area contributed by atoms with E-state index < -0.39 is 16.2 Å². The highest BCUT2D eigenvalue weighted by molar-refractivity contribution is 7.99. The second-order valence-electron chi connectivity index (χ2n) is 17.7. The van der Waals surface area contributed by atoms with Gasteiger partial charge in [0.2, 0.25) is 0 Å². The lowest BCUT2D eigenvalue weighted by molar-refractivity contribution is -0.0822. The zero-order valence-electron chi connectivity index (χ0n) is 40.8. The average molecular weight is 1020 g/mol. The fourth-order valence-electron chi connectivity index (χ4n) is 8.84. The molecule has 0 saturated carbocycles. The summed E-state index contributed by atoms with van der Waals surface area (Å²) in [5.41, 5.74) is 5.96. The van der Waals surface area contributed by atoms with Crippen LogP contribution in [-0.2, 0) is 41.6 Å². The minimum absolute atomic E-state index is 0.136. The molecule has 0 radical (unpaired) electrons. The van der Waals surface area contributed by atoms with Crippen molar-refractivity contribution in [2.45, 2.75) is 58.1 Å². The molecule has 6 atom stereocenters. The molecule has 1 N–H and O–H groups in total. The van der Waals surface area contributed by atoms with E-state index in [2.05, 4.69) is 134 Å². The molecule has 7 aromatic rings. The van der Waals surface area contributed by atoms with Gasteiger partial charge in [-0.25, -0.2) is 9.97 Å². The number of ether oxygens (including phenoxy) is 3. The van der Waals surface area contributed by atoms with Crippen LogP contribution >= 0.6 is 23.5 Å². The minimum Gasteiger partial charge on any atom is -0.374 e. The van der Waals surface area contributed by atoms with Crippen LogP contribution in [0.15, 0.2) is 211 Å². The first-order valence-corrected chi connectivity index (χ1v) is 28.2. The first-order chi connectivity index (χ1) is 35.3. The molecule has 0 aliphatic carbocycles. The first kappa shape index (κ1) is 53.1. The molecule has 11 nitrogen and oxygen atoms in total. The Morgan fingerprint density at radius 3 is 1.40 bits per heavy atom. The van der Waals surface area contributed by atoms with Gasteiger partial charge in [0, 0.05) is 64.8 Å². The van der Waals surface area contributed by atoms with E-state index in [0.717, 1.165) is 80.9 Å². The zero-order valence-corrected chi connectivity index (χ0v) is 43.2. The molecule has 5 heterocycles. The molecule has 5 aromatic carbocycles. The van der Waals surface area contributed by atoms with Crippen LogP contribution in [0.5, 0.6) is 0 Å². The number of nitrogens with zero attached hydrogens (tertiary/aromatic N) is 4. The van der Waals surface area contributed by atoms with Crippen LogP contribution in [0.25, 0.3) is 0 Å². The topological polar surface area (TPSA) is 115 Å². The quantitative estimate of drug-likeness (QED) is 0.0732. The summed E-state index contributed by atoms with van der Waals surface area (Å²) in [4.78, 5) is 13.7. The van der Waals surface area contributed by atoms with E-state index in [-0.39, 0.29) is 28.8 Å². The van der Waals surface area contributed by atoms with Crippen molar-refractivity contribution in [1.82, 2.24) is 25.1 Å². The maximum atomic E-state index is 11.7. The third-order valence-electron chi connectivity index (χ3n) is 12.3. The highest BCUT2D eigenvalue weighted by atomic mass is 32.2. The van der Waals surface area contributed by atoms with Crippen molar-refractivity contribution in [3.8, 4) is 0 Å². The van der Waals surface area contributed by atoms with E-state index in [1.54, 1.807) is 23.5 Å². The van der Waals surface area contributed by atoms with Crippen molar-refractivity contribution in [2.75, 3.05) is 65.3 Å². The van der Waals surface area contributed by atoms with E-state index in [9.17, 15) is 8.42 Å². The fourth-order valence-corrected chi connectivity index (χ4v) is 11.8. The van der Waals surface area contributed by atoms with Gasteiger partial charge in [0.15, 0.2) is 0 Å². The first-order valence-electron chi connectivity index (χ1n) is 24.6.